The van der Waals surface area contributed by atoms with E-state index in [1.807, 2.05) is 20.8 Å². The van der Waals surface area contributed by atoms with E-state index in [9.17, 15) is 18.8 Å². The summed E-state index contributed by atoms with van der Waals surface area (Å²) in [6, 6.07) is 4.20. The molecular weight excluding hydrogens is 431 g/mol. The van der Waals surface area contributed by atoms with E-state index >= 15 is 0 Å². The number of nitrogen functional groups attached to an aromatic ring is 1. The lowest BCUT2D eigenvalue weighted by Crippen LogP contribution is -2.42. The van der Waals surface area contributed by atoms with E-state index in [-0.39, 0.29) is 40.7 Å². The lowest BCUT2D eigenvalue weighted by atomic mass is 10.2. The summed E-state index contributed by atoms with van der Waals surface area (Å²) in [4.78, 5) is 42.0. The maximum atomic E-state index is 13.3. The van der Waals surface area contributed by atoms with Crippen LogP contribution in [0.2, 0.25) is 5.02 Å². The third-order valence-corrected chi connectivity index (χ3v) is 5.59. The molecule has 0 fully saturated rings. The number of nitrogens with two attached hydrogens (primary N) is 1. The van der Waals surface area contributed by atoms with Gasteiger partial charge in [0.1, 0.15) is 11.6 Å². The molecule has 30 heavy (non-hydrogen) atoms. The van der Waals surface area contributed by atoms with Gasteiger partial charge in [-0.2, -0.15) is 0 Å². The highest BCUT2D eigenvalue weighted by molar-refractivity contribution is 8.00. The maximum absolute atomic E-state index is 13.3. The molecule has 7 nitrogen and oxygen atoms in total. The topological polar surface area (TPSA) is 101 Å². The fraction of sp³-hybridized carbons (Fsp3) is 0.450. The minimum absolute atomic E-state index is 0.00609. The van der Waals surface area contributed by atoms with Gasteiger partial charge in [-0.3, -0.25) is 19.1 Å². The summed E-state index contributed by atoms with van der Waals surface area (Å²) in [5.41, 5.74) is 4.85. The van der Waals surface area contributed by atoms with Crippen LogP contribution < -0.4 is 21.9 Å². The predicted molar refractivity (Wildman–Crippen MR) is 120 cm³/mol. The van der Waals surface area contributed by atoms with E-state index in [0.717, 1.165) is 6.42 Å². The van der Waals surface area contributed by atoms with Crippen LogP contribution in [0.15, 0.2) is 32.7 Å². The molecule has 0 aliphatic carbocycles. The van der Waals surface area contributed by atoms with Crippen molar-refractivity contribution in [2.45, 2.75) is 45.1 Å². The molecule has 0 aliphatic heterocycles. The minimum atomic E-state index is -0.697. The molecule has 1 aromatic carbocycles. The minimum Gasteiger partial charge on any atom is -0.383 e. The number of amides is 1. The number of benzene rings is 1. The number of nitrogens with zero attached hydrogens (tertiary/aromatic N) is 2. The summed E-state index contributed by atoms with van der Waals surface area (Å²) in [6.07, 6.45) is 1.45. The zero-order valence-corrected chi connectivity index (χ0v) is 18.8. The molecule has 0 saturated heterocycles. The van der Waals surface area contributed by atoms with E-state index in [4.69, 9.17) is 17.3 Å². The smallest absolute Gasteiger partial charge is 0.330 e. The Balaban J connectivity index is 2.36. The molecule has 3 N–H and O–H groups in total. The standard InChI is InChI=1S/C20H26ClFN4O3S/c1-4-5-8-25(16(27)11-30-13-6-7-15(22)14(21)9-13)17-18(23)26(10-12(2)3)20(29)24-19(17)28/h6-7,9,12H,4-5,8,10-11,23H2,1-3H3,(H,24,28,29). The molecule has 2 aromatic rings. The molecule has 0 spiro atoms. The van der Waals surface area contributed by atoms with Crippen molar-refractivity contribution in [2.24, 2.45) is 5.92 Å². The summed E-state index contributed by atoms with van der Waals surface area (Å²) in [5.74, 6) is -0.808. The van der Waals surface area contributed by atoms with Gasteiger partial charge in [0.05, 0.1) is 10.8 Å². The highest BCUT2D eigenvalue weighted by atomic mass is 35.5. The second kappa shape index (κ2) is 10.7. The first-order valence-electron chi connectivity index (χ1n) is 9.66. The van der Waals surface area contributed by atoms with Gasteiger partial charge in [-0.05, 0) is 30.5 Å². The van der Waals surface area contributed by atoms with E-state index in [1.165, 1.54) is 39.4 Å². The molecule has 10 heteroatoms. The number of thioether (sulfide) groups is 1. The molecule has 0 saturated carbocycles. The molecule has 1 aromatic heterocycles. The summed E-state index contributed by atoms with van der Waals surface area (Å²) in [5, 5.41) is -0.0308. The number of H-pyrrole nitrogens is 1. The Morgan fingerprint density at radius 2 is 2.07 bits per heavy atom. The fourth-order valence-corrected chi connectivity index (χ4v) is 3.91. The molecule has 0 radical (unpaired) electrons. The van der Waals surface area contributed by atoms with E-state index < -0.39 is 17.1 Å². The number of nitrogens with one attached hydrogen (secondary N) is 1. The van der Waals surface area contributed by atoms with Crippen LogP contribution in [-0.2, 0) is 11.3 Å². The average Bonchev–Trinajstić information content (AvgIpc) is 2.68. The average molecular weight is 457 g/mol. The summed E-state index contributed by atoms with van der Waals surface area (Å²) < 4.78 is 14.6. The van der Waals surface area contributed by atoms with Crippen molar-refractivity contribution in [3.05, 3.63) is 49.9 Å². The SMILES string of the molecule is CCCCN(C(=O)CSc1ccc(F)c(Cl)c1)c1c(N)n(CC(C)C)c(=O)[nH]c1=O. The first-order valence-corrected chi connectivity index (χ1v) is 11.0. The van der Waals surface area contributed by atoms with Gasteiger partial charge in [-0.25, -0.2) is 9.18 Å². The number of hydrogen-bond acceptors (Lipinski definition) is 5. The number of carbonyl (C=O) groups is 1. The molecule has 1 heterocycles. The highest BCUT2D eigenvalue weighted by Gasteiger charge is 2.24. The molecule has 2 rings (SSSR count). The zero-order chi connectivity index (χ0) is 22.4. The Labute approximate surface area is 183 Å². The zero-order valence-electron chi connectivity index (χ0n) is 17.2. The predicted octanol–water partition coefficient (Wildman–Crippen LogP) is 3.49. The van der Waals surface area contributed by atoms with Crippen molar-refractivity contribution in [3.8, 4) is 0 Å². The molecule has 0 bridgehead atoms. The Morgan fingerprint density at radius 1 is 1.37 bits per heavy atom. The molecule has 164 valence electrons. The van der Waals surface area contributed by atoms with Gasteiger partial charge >= 0.3 is 5.69 Å². The number of aromatic amines is 1. The van der Waals surface area contributed by atoms with Crippen LogP contribution >= 0.6 is 23.4 Å². The fourth-order valence-electron chi connectivity index (χ4n) is 2.85. The van der Waals surface area contributed by atoms with Crippen molar-refractivity contribution in [1.82, 2.24) is 9.55 Å². The van der Waals surface area contributed by atoms with Gasteiger partial charge in [-0.15, -0.1) is 11.8 Å². The third-order valence-electron chi connectivity index (χ3n) is 4.32. The van der Waals surface area contributed by atoms with Crippen molar-refractivity contribution in [2.75, 3.05) is 22.9 Å². The summed E-state index contributed by atoms with van der Waals surface area (Å²) in [6.45, 7) is 6.40. The lowest BCUT2D eigenvalue weighted by Gasteiger charge is -2.24. The van der Waals surface area contributed by atoms with Crippen molar-refractivity contribution < 1.29 is 9.18 Å². The molecule has 0 aliphatic rings. The summed E-state index contributed by atoms with van der Waals surface area (Å²) in [7, 11) is 0. The molecule has 0 atom stereocenters. The van der Waals surface area contributed by atoms with E-state index in [1.54, 1.807) is 0 Å². The largest absolute Gasteiger partial charge is 0.383 e. The van der Waals surface area contributed by atoms with Crippen LogP contribution in [0, 0.1) is 11.7 Å². The van der Waals surface area contributed by atoms with Crippen LogP contribution in [0.5, 0.6) is 0 Å². The van der Waals surface area contributed by atoms with Crippen LogP contribution in [0.3, 0.4) is 0 Å². The summed E-state index contributed by atoms with van der Waals surface area (Å²) >= 11 is 6.97. The number of carbonyl (C=O) groups excluding carboxylic acids is 1. The van der Waals surface area contributed by atoms with E-state index in [2.05, 4.69) is 4.98 Å². The lowest BCUT2D eigenvalue weighted by molar-refractivity contribution is -0.116. The van der Waals surface area contributed by atoms with Crippen molar-refractivity contribution in [3.63, 3.8) is 0 Å². The normalized spacial score (nSPS) is 11.1. The van der Waals surface area contributed by atoms with Gasteiger partial charge in [-0.1, -0.05) is 38.8 Å². The highest BCUT2D eigenvalue weighted by Crippen LogP contribution is 2.26. The number of halogens is 2. The first-order chi connectivity index (χ1) is 14.1. The van der Waals surface area contributed by atoms with Crippen LogP contribution in [0.1, 0.15) is 33.6 Å². The first kappa shape index (κ1) is 24.0. The maximum Gasteiger partial charge on any atom is 0.330 e. The van der Waals surface area contributed by atoms with Gasteiger partial charge < -0.3 is 10.6 Å². The quantitative estimate of drug-likeness (QED) is 0.562. The Bertz CT molecular complexity index is 1020. The Hall–Kier alpha value is -2.26. The number of aromatic nitrogens is 2. The molecule has 0 unspecified atom stereocenters. The van der Waals surface area contributed by atoms with Gasteiger partial charge in [0.15, 0.2) is 5.69 Å². The Morgan fingerprint density at radius 3 is 2.67 bits per heavy atom. The second-order valence-electron chi connectivity index (χ2n) is 7.26. The van der Waals surface area contributed by atoms with Gasteiger partial charge in [0.25, 0.3) is 5.56 Å². The molecular formula is C20H26ClFN4O3S. The van der Waals surface area contributed by atoms with Crippen LogP contribution in [-0.4, -0.2) is 27.8 Å². The van der Waals surface area contributed by atoms with Crippen LogP contribution in [0.4, 0.5) is 15.9 Å². The Kier molecular flexibility index (Phi) is 8.54. The number of unbranched alkanes of at least 4 members (excludes halogenated alkanes) is 1. The number of hydrogen-bond donors (Lipinski definition) is 2. The number of rotatable bonds is 9. The van der Waals surface area contributed by atoms with Crippen LogP contribution in [0.25, 0.3) is 0 Å². The van der Waals surface area contributed by atoms with Crippen molar-refractivity contribution >= 4 is 40.8 Å². The van der Waals surface area contributed by atoms with Gasteiger partial charge in [0.2, 0.25) is 5.91 Å². The van der Waals surface area contributed by atoms with E-state index in [0.29, 0.717) is 17.9 Å². The number of anilines is 2. The van der Waals surface area contributed by atoms with Crippen molar-refractivity contribution in [1.29, 1.82) is 0 Å². The second-order valence-corrected chi connectivity index (χ2v) is 8.72. The third kappa shape index (κ3) is 5.89. The molecule has 1 amide bonds. The monoisotopic (exact) mass is 456 g/mol. The van der Waals surface area contributed by atoms with Gasteiger partial charge in [0, 0.05) is 18.0 Å².